The molecule has 0 N–H and O–H groups in total. The SMILES string of the molecule is COc1cc([C@H]2N(S(=O)(=O)c3ccccc3)CCN2S(=O)(=O)c2ccc(C)cc2)ccc1CS(=O)(=O)c1ccccc1. The highest BCUT2D eigenvalue weighted by molar-refractivity contribution is 7.90. The first-order valence-electron chi connectivity index (χ1n) is 13.1. The van der Waals surface area contributed by atoms with Gasteiger partial charge in [0.05, 0.1) is 27.5 Å². The van der Waals surface area contributed by atoms with Gasteiger partial charge in [0.25, 0.3) is 0 Å². The summed E-state index contributed by atoms with van der Waals surface area (Å²) >= 11 is 0. The van der Waals surface area contributed by atoms with Gasteiger partial charge in [-0.2, -0.15) is 8.61 Å². The van der Waals surface area contributed by atoms with E-state index in [0.717, 1.165) is 14.2 Å². The first kappa shape index (κ1) is 29.9. The Morgan fingerprint density at radius 3 is 1.69 bits per heavy atom. The summed E-state index contributed by atoms with van der Waals surface area (Å²) in [5.74, 6) is -0.161. The summed E-state index contributed by atoms with van der Waals surface area (Å²) in [5.41, 5.74) is 1.56. The van der Waals surface area contributed by atoms with Crippen molar-refractivity contribution in [3.8, 4) is 5.75 Å². The lowest BCUT2D eigenvalue weighted by molar-refractivity contribution is 0.290. The molecule has 0 aliphatic carbocycles. The van der Waals surface area contributed by atoms with Gasteiger partial charge in [0, 0.05) is 18.7 Å². The van der Waals surface area contributed by atoms with Crippen molar-refractivity contribution < 1.29 is 30.0 Å². The molecule has 0 bridgehead atoms. The lowest BCUT2D eigenvalue weighted by atomic mass is 10.1. The van der Waals surface area contributed by atoms with Gasteiger partial charge in [-0.15, -0.1) is 0 Å². The molecule has 0 saturated carbocycles. The second-order valence-corrected chi connectivity index (χ2v) is 15.6. The highest BCUT2D eigenvalue weighted by Gasteiger charge is 2.46. The van der Waals surface area contributed by atoms with Crippen LogP contribution in [0.4, 0.5) is 0 Å². The van der Waals surface area contributed by atoms with Gasteiger partial charge in [-0.25, -0.2) is 25.3 Å². The van der Waals surface area contributed by atoms with Gasteiger partial charge in [0.15, 0.2) is 9.84 Å². The number of methoxy groups -OCH3 is 1. The van der Waals surface area contributed by atoms with E-state index in [-0.39, 0.29) is 39.3 Å². The van der Waals surface area contributed by atoms with Crippen molar-refractivity contribution in [2.24, 2.45) is 0 Å². The molecule has 9 nitrogen and oxygen atoms in total. The van der Waals surface area contributed by atoms with Gasteiger partial charge in [0.1, 0.15) is 11.9 Å². The standard InChI is InChI=1S/C30H30N2O7S3/c1-23-13-17-28(18-14-23)42(37,38)32-20-19-31(41(35,36)27-11-7-4-8-12-27)30(32)24-15-16-25(29(21-24)39-2)22-40(33,34)26-9-5-3-6-10-26/h3-18,21,30H,19-20,22H2,1-2H3/t30-/m0/s1. The van der Waals surface area contributed by atoms with Crippen molar-refractivity contribution in [3.63, 3.8) is 0 Å². The van der Waals surface area contributed by atoms with Crippen LogP contribution in [0.25, 0.3) is 0 Å². The molecule has 0 radical (unpaired) electrons. The van der Waals surface area contributed by atoms with Crippen molar-refractivity contribution >= 4 is 29.9 Å². The van der Waals surface area contributed by atoms with Gasteiger partial charge in [0.2, 0.25) is 20.0 Å². The smallest absolute Gasteiger partial charge is 0.244 e. The predicted octanol–water partition coefficient (Wildman–Crippen LogP) is 4.37. The summed E-state index contributed by atoms with van der Waals surface area (Å²) in [6, 6.07) is 26.8. The van der Waals surface area contributed by atoms with Crippen LogP contribution < -0.4 is 4.74 Å². The summed E-state index contributed by atoms with van der Waals surface area (Å²) in [6.45, 7) is 1.67. The summed E-state index contributed by atoms with van der Waals surface area (Å²) in [7, 11) is -10.6. The van der Waals surface area contributed by atoms with E-state index in [0.29, 0.717) is 11.1 Å². The molecule has 12 heteroatoms. The maximum Gasteiger partial charge on any atom is 0.244 e. The zero-order valence-electron chi connectivity index (χ0n) is 23.0. The van der Waals surface area contributed by atoms with E-state index in [9.17, 15) is 25.3 Å². The molecule has 0 unspecified atom stereocenters. The fraction of sp³-hybridized carbons (Fsp3) is 0.200. The minimum absolute atomic E-state index is 0.0297. The van der Waals surface area contributed by atoms with Crippen molar-refractivity contribution in [1.82, 2.24) is 8.61 Å². The minimum atomic E-state index is -4.13. The molecule has 1 aliphatic rings. The zero-order chi connectivity index (χ0) is 30.1. The van der Waals surface area contributed by atoms with Crippen molar-refractivity contribution in [1.29, 1.82) is 0 Å². The van der Waals surface area contributed by atoms with E-state index < -0.39 is 36.0 Å². The molecule has 0 amide bonds. The first-order valence-corrected chi connectivity index (χ1v) is 17.6. The fourth-order valence-electron chi connectivity index (χ4n) is 4.95. The monoisotopic (exact) mass is 626 g/mol. The molecule has 42 heavy (non-hydrogen) atoms. The van der Waals surface area contributed by atoms with Crippen molar-refractivity contribution in [3.05, 3.63) is 120 Å². The van der Waals surface area contributed by atoms with Crippen LogP contribution >= 0.6 is 0 Å². The Balaban J connectivity index is 1.60. The van der Waals surface area contributed by atoms with Crippen LogP contribution in [-0.2, 0) is 35.6 Å². The van der Waals surface area contributed by atoms with E-state index in [1.54, 1.807) is 54.6 Å². The number of aryl methyl sites for hydroxylation is 1. The molecule has 220 valence electrons. The lowest BCUT2D eigenvalue weighted by Gasteiger charge is -2.30. The third-order valence-electron chi connectivity index (χ3n) is 7.12. The topological polar surface area (TPSA) is 118 Å². The van der Waals surface area contributed by atoms with Crippen LogP contribution in [-0.4, -0.2) is 54.1 Å². The van der Waals surface area contributed by atoms with Crippen LogP contribution in [0.15, 0.2) is 118 Å². The lowest BCUT2D eigenvalue weighted by Crippen LogP contribution is -2.38. The third kappa shape index (κ3) is 5.72. The number of sulfone groups is 1. The van der Waals surface area contributed by atoms with Gasteiger partial charge >= 0.3 is 0 Å². The van der Waals surface area contributed by atoms with Gasteiger partial charge in [-0.1, -0.05) is 66.2 Å². The van der Waals surface area contributed by atoms with Gasteiger partial charge in [-0.3, -0.25) is 0 Å². The Morgan fingerprint density at radius 2 is 1.17 bits per heavy atom. The molecule has 1 aliphatic heterocycles. The molecule has 4 aromatic rings. The van der Waals surface area contributed by atoms with Crippen molar-refractivity contribution in [2.75, 3.05) is 20.2 Å². The molecule has 0 spiro atoms. The maximum atomic E-state index is 13.9. The summed E-state index contributed by atoms with van der Waals surface area (Å²) in [4.78, 5) is 0.221. The summed E-state index contributed by atoms with van der Waals surface area (Å²) in [5, 5.41) is 0. The Bertz CT molecular complexity index is 1900. The van der Waals surface area contributed by atoms with E-state index in [4.69, 9.17) is 4.74 Å². The molecule has 1 heterocycles. The molecule has 1 saturated heterocycles. The summed E-state index contributed by atoms with van der Waals surface area (Å²) < 4.78 is 89.5. The average molecular weight is 627 g/mol. The highest BCUT2D eigenvalue weighted by atomic mass is 32.2. The first-order chi connectivity index (χ1) is 19.9. The number of benzene rings is 4. The van der Waals surface area contributed by atoms with Crippen LogP contribution in [0, 0.1) is 6.92 Å². The second kappa shape index (κ2) is 11.6. The highest BCUT2D eigenvalue weighted by Crippen LogP contribution is 2.40. The number of ether oxygens (including phenoxy) is 1. The fourth-order valence-corrected chi connectivity index (χ4v) is 9.56. The molecule has 1 atom stereocenters. The Labute approximate surface area is 247 Å². The average Bonchev–Trinajstić information content (AvgIpc) is 3.46. The Hall–Kier alpha value is -3.55. The van der Waals surface area contributed by atoms with E-state index in [2.05, 4.69) is 0 Å². The number of hydrogen-bond donors (Lipinski definition) is 0. The van der Waals surface area contributed by atoms with E-state index in [1.165, 1.54) is 55.6 Å². The predicted molar refractivity (Wildman–Crippen MR) is 158 cm³/mol. The summed E-state index contributed by atoms with van der Waals surface area (Å²) in [6.07, 6.45) is -1.24. The van der Waals surface area contributed by atoms with Crippen LogP contribution in [0.2, 0.25) is 0 Å². The van der Waals surface area contributed by atoms with Gasteiger partial charge in [-0.05, 0) is 55.0 Å². The molecular formula is C30H30N2O7S3. The van der Waals surface area contributed by atoms with Crippen molar-refractivity contribution in [2.45, 2.75) is 33.5 Å². The largest absolute Gasteiger partial charge is 0.496 e. The maximum absolute atomic E-state index is 13.9. The second-order valence-electron chi connectivity index (χ2n) is 9.87. The Kier molecular flexibility index (Phi) is 8.28. The number of rotatable bonds is 9. The number of hydrogen-bond acceptors (Lipinski definition) is 7. The van der Waals surface area contributed by atoms with Crippen LogP contribution in [0.5, 0.6) is 5.75 Å². The molecular weight excluding hydrogens is 597 g/mol. The quantitative estimate of drug-likeness (QED) is 0.271. The van der Waals surface area contributed by atoms with E-state index >= 15 is 0 Å². The molecule has 5 rings (SSSR count). The normalized spacial score (nSPS) is 16.9. The van der Waals surface area contributed by atoms with Gasteiger partial charge < -0.3 is 4.74 Å². The van der Waals surface area contributed by atoms with Crippen LogP contribution in [0.1, 0.15) is 22.9 Å². The molecule has 0 aromatic heterocycles. The number of nitrogens with zero attached hydrogens (tertiary/aromatic N) is 2. The van der Waals surface area contributed by atoms with E-state index in [1.807, 2.05) is 6.92 Å². The Morgan fingerprint density at radius 1 is 0.667 bits per heavy atom. The molecule has 4 aromatic carbocycles. The zero-order valence-corrected chi connectivity index (χ0v) is 25.4. The van der Waals surface area contributed by atoms with Crippen LogP contribution in [0.3, 0.4) is 0 Å². The third-order valence-corrected chi connectivity index (χ3v) is 12.5. The minimum Gasteiger partial charge on any atom is -0.496 e. The number of sulfonamides is 2. The molecule has 1 fully saturated rings.